The zero-order chi connectivity index (χ0) is 48.6. The van der Waals surface area contributed by atoms with Crippen LogP contribution in [-0.4, -0.2) is 37.2 Å². The van der Waals surface area contributed by atoms with E-state index in [-0.39, 0.29) is 31.1 Å². The van der Waals surface area contributed by atoms with Crippen LogP contribution >= 0.6 is 0 Å². The van der Waals surface area contributed by atoms with E-state index >= 15 is 0 Å². The molecule has 0 rings (SSSR count). The van der Waals surface area contributed by atoms with Gasteiger partial charge in [0.05, 0.1) is 0 Å². The van der Waals surface area contributed by atoms with Crippen molar-refractivity contribution in [3.05, 3.63) is 60.8 Å². The lowest BCUT2D eigenvalue weighted by molar-refractivity contribution is -0.167. The van der Waals surface area contributed by atoms with E-state index in [9.17, 15) is 14.4 Å². The van der Waals surface area contributed by atoms with Crippen LogP contribution in [0.2, 0.25) is 0 Å². The fourth-order valence-electron chi connectivity index (χ4n) is 8.24. The van der Waals surface area contributed by atoms with Crippen LogP contribution in [0, 0.1) is 0 Å². The molecule has 0 bridgehead atoms. The van der Waals surface area contributed by atoms with Crippen molar-refractivity contribution in [1.82, 2.24) is 0 Å². The van der Waals surface area contributed by atoms with E-state index in [1.54, 1.807) is 0 Å². The summed E-state index contributed by atoms with van der Waals surface area (Å²) in [5.41, 5.74) is 0. The maximum atomic E-state index is 12.8. The van der Waals surface area contributed by atoms with Gasteiger partial charge >= 0.3 is 17.9 Å². The Morgan fingerprint density at radius 2 is 0.582 bits per heavy atom. The second-order valence-corrected chi connectivity index (χ2v) is 19.2. The fourth-order valence-corrected chi connectivity index (χ4v) is 8.24. The number of ether oxygens (including phenoxy) is 3. The van der Waals surface area contributed by atoms with Gasteiger partial charge in [-0.15, -0.1) is 0 Å². The molecule has 1 unspecified atom stereocenters. The van der Waals surface area contributed by atoms with Gasteiger partial charge in [0.25, 0.3) is 0 Å². The van der Waals surface area contributed by atoms with E-state index in [0.29, 0.717) is 19.3 Å². The topological polar surface area (TPSA) is 78.9 Å². The molecule has 6 nitrogen and oxygen atoms in total. The van der Waals surface area contributed by atoms with Crippen molar-refractivity contribution in [2.75, 3.05) is 13.2 Å². The second kappa shape index (κ2) is 55.7. The third-order valence-corrected chi connectivity index (χ3v) is 12.5. The molecule has 0 aromatic rings. The molecule has 0 amide bonds. The highest BCUT2D eigenvalue weighted by atomic mass is 16.6. The second-order valence-electron chi connectivity index (χ2n) is 19.2. The van der Waals surface area contributed by atoms with Gasteiger partial charge in [-0.3, -0.25) is 14.4 Å². The summed E-state index contributed by atoms with van der Waals surface area (Å²) in [4.78, 5) is 37.9. The van der Waals surface area contributed by atoms with Crippen molar-refractivity contribution in [1.29, 1.82) is 0 Å². The van der Waals surface area contributed by atoms with E-state index in [2.05, 4.69) is 81.5 Å². The van der Waals surface area contributed by atoms with Crippen LogP contribution in [0.3, 0.4) is 0 Å². The van der Waals surface area contributed by atoms with Crippen molar-refractivity contribution in [2.24, 2.45) is 0 Å². The van der Waals surface area contributed by atoms with E-state index in [1.165, 1.54) is 154 Å². The maximum Gasteiger partial charge on any atom is 0.306 e. The smallest absolute Gasteiger partial charge is 0.306 e. The number of hydrogen-bond donors (Lipinski definition) is 0. The van der Waals surface area contributed by atoms with Gasteiger partial charge in [-0.2, -0.15) is 0 Å². The minimum Gasteiger partial charge on any atom is -0.462 e. The Balaban J connectivity index is 4.15. The molecule has 0 saturated heterocycles. The van der Waals surface area contributed by atoms with Crippen LogP contribution in [-0.2, 0) is 28.6 Å². The first kappa shape index (κ1) is 64.1. The summed E-state index contributed by atoms with van der Waals surface area (Å²) in [5.74, 6) is -0.884. The summed E-state index contributed by atoms with van der Waals surface area (Å²) >= 11 is 0. The molecular weight excluding hydrogens is 829 g/mol. The molecule has 0 aliphatic heterocycles. The number of allylic oxidation sites excluding steroid dienone is 10. The molecule has 0 saturated carbocycles. The predicted molar refractivity (Wildman–Crippen MR) is 288 cm³/mol. The van der Waals surface area contributed by atoms with E-state index in [1.807, 2.05) is 0 Å². The molecule has 0 radical (unpaired) electrons. The van der Waals surface area contributed by atoms with Crippen molar-refractivity contribution in [2.45, 2.75) is 297 Å². The number of unbranched alkanes of at least 4 members (excludes halogenated alkanes) is 31. The monoisotopic (exact) mass is 937 g/mol. The predicted octanol–water partition coefficient (Wildman–Crippen LogP) is 19.2. The van der Waals surface area contributed by atoms with Crippen molar-refractivity contribution >= 4 is 17.9 Å². The molecule has 0 spiro atoms. The van der Waals surface area contributed by atoms with Crippen molar-refractivity contribution < 1.29 is 28.6 Å². The Morgan fingerprint density at radius 1 is 0.313 bits per heavy atom. The summed E-state index contributed by atoms with van der Waals surface area (Å²) in [6.07, 6.45) is 69.6. The zero-order valence-corrected chi connectivity index (χ0v) is 44.4. The van der Waals surface area contributed by atoms with Crippen LogP contribution in [0.4, 0.5) is 0 Å². The number of carbonyl (C=O) groups excluding carboxylic acids is 3. The summed E-state index contributed by atoms with van der Waals surface area (Å²) in [5, 5.41) is 0. The van der Waals surface area contributed by atoms with Crippen LogP contribution < -0.4 is 0 Å². The highest BCUT2D eigenvalue weighted by molar-refractivity contribution is 5.71. The quantitative estimate of drug-likeness (QED) is 0.0262. The van der Waals surface area contributed by atoms with Crippen LogP contribution in [0.1, 0.15) is 290 Å². The third-order valence-electron chi connectivity index (χ3n) is 12.5. The SMILES string of the molecule is CC/C=C\C/C=C\C/C=C\C/C=C\C/C=C\CCCCCCCCCC(=O)OCC(COC(=O)CCCCCCCC)OC(=O)CCCCCCCCCCCCCCCCCCCCCC. The first-order valence-electron chi connectivity index (χ1n) is 28.8. The van der Waals surface area contributed by atoms with Crippen LogP contribution in [0.15, 0.2) is 60.8 Å². The van der Waals surface area contributed by atoms with Crippen molar-refractivity contribution in [3.8, 4) is 0 Å². The molecule has 0 aliphatic carbocycles. The molecule has 6 heteroatoms. The van der Waals surface area contributed by atoms with Gasteiger partial charge in [0.15, 0.2) is 6.10 Å². The van der Waals surface area contributed by atoms with Gasteiger partial charge in [0, 0.05) is 19.3 Å². The van der Waals surface area contributed by atoms with Gasteiger partial charge in [-0.05, 0) is 64.2 Å². The lowest BCUT2D eigenvalue weighted by atomic mass is 10.0. The molecule has 388 valence electrons. The highest BCUT2D eigenvalue weighted by Crippen LogP contribution is 2.16. The zero-order valence-electron chi connectivity index (χ0n) is 44.4. The molecule has 0 aliphatic rings. The minimum atomic E-state index is -0.773. The summed E-state index contributed by atoms with van der Waals surface area (Å²) in [7, 11) is 0. The van der Waals surface area contributed by atoms with E-state index < -0.39 is 6.10 Å². The van der Waals surface area contributed by atoms with Gasteiger partial charge in [-0.1, -0.05) is 268 Å². The standard InChI is InChI=1S/C61H108O6/c1-4-7-10-13-16-18-20-22-24-26-28-30-31-32-34-35-37-39-41-43-45-48-51-54-60(63)66-57-58(56-65-59(62)53-50-47-15-12-9-6-3)67-61(64)55-52-49-46-44-42-40-38-36-33-29-27-25-23-21-19-17-14-11-8-5-2/h7,10,16,18,22,24,28,30,32,34,58H,4-6,8-9,11-15,17,19-21,23,25-27,29,31,33,35-57H2,1-3H3/b10-7-,18-16-,24-22-,30-28-,34-32-. The van der Waals surface area contributed by atoms with E-state index in [4.69, 9.17) is 14.2 Å². The van der Waals surface area contributed by atoms with Gasteiger partial charge in [0.1, 0.15) is 13.2 Å². The van der Waals surface area contributed by atoms with Gasteiger partial charge in [-0.25, -0.2) is 0 Å². The largest absolute Gasteiger partial charge is 0.462 e. The van der Waals surface area contributed by atoms with Crippen molar-refractivity contribution in [3.63, 3.8) is 0 Å². The first-order valence-corrected chi connectivity index (χ1v) is 28.8. The Hall–Kier alpha value is -2.89. The van der Waals surface area contributed by atoms with Gasteiger partial charge in [0.2, 0.25) is 0 Å². The Bertz CT molecular complexity index is 1210. The number of hydrogen-bond acceptors (Lipinski definition) is 6. The normalized spacial score (nSPS) is 12.5. The molecule has 1 atom stereocenters. The number of esters is 3. The first-order chi connectivity index (χ1) is 33.0. The van der Waals surface area contributed by atoms with Gasteiger partial charge < -0.3 is 14.2 Å². The molecule has 67 heavy (non-hydrogen) atoms. The lowest BCUT2D eigenvalue weighted by Crippen LogP contribution is -2.30. The fraction of sp³-hybridized carbons (Fsp3) is 0.787. The molecule has 0 heterocycles. The maximum absolute atomic E-state index is 12.8. The summed E-state index contributed by atoms with van der Waals surface area (Å²) in [6.45, 7) is 6.49. The number of rotatable bonds is 52. The summed E-state index contributed by atoms with van der Waals surface area (Å²) < 4.78 is 16.8. The van der Waals surface area contributed by atoms with Crippen LogP contribution in [0.25, 0.3) is 0 Å². The molecule has 0 N–H and O–H groups in total. The molecular formula is C61H108O6. The highest BCUT2D eigenvalue weighted by Gasteiger charge is 2.19. The molecule has 0 aromatic carbocycles. The molecule has 0 aromatic heterocycles. The Labute approximate surface area is 415 Å². The van der Waals surface area contributed by atoms with Crippen LogP contribution in [0.5, 0.6) is 0 Å². The van der Waals surface area contributed by atoms with E-state index in [0.717, 1.165) is 96.3 Å². The Kier molecular flexibility index (Phi) is 53.3. The number of carbonyl (C=O) groups is 3. The minimum absolute atomic E-state index is 0.0754. The average molecular weight is 938 g/mol. The molecule has 0 fully saturated rings. The Morgan fingerprint density at radius 3 is 0.910 bits per heavy atom. The lowest BCUT2D eigenvalue weighted by Gasteiger charge is -2.18. The average Bonchev–Trinajstić information content (AvgIpc) is 3.33. The third kappa shape index (κ3) is 53.9. The summed E-state index contributed by atoms with van der Waals surface area (Å²) in [6, 6.07) is 0.